The molecule has 0 saturated carbocycles. The van der Waals surface area contributed by atoms with Crippen molar-refractivity contribution in [1.29, 1.82) is 0 Å². The van der Waals surface area contributed by atoms with Crippen LogP contribution in [0.1, 0.15) is 53.4 Å². The molecule has 0 bridgehead atoms. The molecule has 0 aromatic rings. The van der Waals surface area contributed by atoms with Gasteiger partial charge in [-0.05, 0) is 31.3 Å². The molecule has 1 unspecified atom stereocenters. The predicted molar refractivity (Wildman–Crippen MR) is 56.5 cm³/mol. The largest absolute Gasteiger partial charge is 0.317 e. The van der Waals surface area contributed by atoms with Crippen molar-refractivity contribution < 1.29 is 0 Å². The molecule has 0 aromatic heterocycles. The summed E-state index contributed by atoms with van der Waals surface area (Å²) in [4.78, 5) is 0. The number of nitrogens with one attached hydrogen (secondary N) is 1. The van der Waals surface area contributed by atoms with Crippen molar-refractivity contribution in [3.8, 4) is 0 Å². The molecule has 0 spiro atoms. The molecule has 0 heterocycles. The normalized spacial score (nSPS) is 16.0. The zero-order chi connectivity index (χ0) is 9.45. The maximum atomic E-state index is 3.40. The highest BCUT2D eigenvalue weighted by molar-refractivity contribution is 4.72. The van der Waals surface area contributed by atoms with Crippen LogP contribution >= 0.6 is 0 Å². The molecule has 1 heteroatoms. The first-order chi connectivity index (χ1) is 5.68. The minimum atomic E-state index is 0.580. The zero-order valence-corrected chi connectivity index (χ0v) is 9.24. The summed E-state index contributed by atoms with van der Waals surface area (Å²) in [7, 11) is 0. The van der Waals surface area contributed by atoms with Crippen LogP contribution in [-0.4, -0.2) is 13.1 Å². The lowest BCUT2D eigenvalue weighted by molar-refractivity contribution is 0.255. The number of hydrogen-bond acceptors (Lipinski definition) is 1. The Labute approximate surface area is 77.9 Å². The minimum absolute atomic E-state index is 0.580. The molecule has 0 aliphatic carbocycles. The van der Waals surface area contributed by atoms with Crippen molar-refractivity contribution in [3.63, 3.8) is 0 Å². The molecular formula is C11H25N. The second-order valence-electron chi connectivity index (χ2n) is 4.02. The number of rotatable bonds is 7. The summed E-state index contributed by atoms with van der Waals surface area (Å²) in [5.74, 6) is 0. The first-order valence-corrected chi connectivity index (χ1v) is 5.39. The van der Waals surface area contributed by atoms with Crippen molar-refractivity contribution in [1.82, 2.24) is 5.32 Å². The van der Waals surface area contributed by atoms with Gasteiger partial charge in [-0.3, -0.25) is 0 Å². The first kappa shape index (κ1) is 12.0. The molecule has 1 atom stereocenters. The molecule has 0 rings (SSSR count). The third-order valence-corrected chi connectivity index (χ3v) is 2.86. The van der Waals surface area contributed by atoms with E-state index in [1.165, 1.54) is 32.2 Å². The monoisotopic (exact) mass is 171 g/mol. The third-order valence-electron chi connectivity index (χ3n) is 2.86. The molecule has 1 nitrogen and oxygen atoms in total. The zero-order valence-electron chi connectivity index (χ0n) is 9.24. The van der Waals surface area contributed by atoms with Crippen molar-refractivity contribution in [2.24, 2.45) is 5.41 Å². The summed E-state index contributed by atoms with van der Waals surface area (Å²) >= 11 is 0. The van der Waals surface area contributed by atoms with Gasteiger partial charge < -0.3 is 5.32 Å². The average Bonchev–Trinajstić information content (AvgIpc) is 2.06. The molecule has 74 valence electrons. The Hall–Kier alpha value is -0.0400. The molecule has 0 fully saturated rings. The van der Waals surface area contributed by atoms with E-state index in [9.17, 15) is 0 Å². The van der Waals surface area contributed by atoms with E-state index in [0.717, 1.165) is 6.54 Å². The van der Waals surface area contributed by atoms with Gasteiger partial charge in [0.2, 0.25) is 0 Å². The fourth-order valence-corrected chi connectivity index (χ4v) is 1.65. The second-order valence-corrected chi connectivity index (χ2v) is 4.02. The predicted octanol–water partition coefficient (Wildman–Crippen LogP) is 3.20. The SMILES string of the molecule is CCCC(C)(CC)CCNCC. The van der Waals surface area contributed by atoms with E-state index >= 15 is 0 Å². The Bertz CT molecular complexity index is 101. The van der Waals surface area contributed by atoms with Gasteiger partial charge in [-0.25, -0.2) is 0 Å². The Morgan fingerprint density at radius 3 is 2.17 bits per heavy atom. The van der Waals surface area contributed by atoms with E-state index in [1.807, 2.05) is 0 Å². The summed E-state index contributed by atoms with van der Waals surface area (Å²) in [6.45, 7) is 11.5. The van der Waals surface area contributed by atoms with Crippen molar-refractivity contribution in [2.45, 2.75) is 53.4 Å². The lowest BCUT2D eigenvalue weighted by Crippen LogP contribution is -2.23. The van der Waals surface area contributed by atoms with Gasteiger partial charge in [0.15, 0.2) is 0 Å². The third kappa shape index (κ3) is 4.76. The van der Waals surface area contributed by atoms with Gasteiger partial charge in [0.25, 0.3) is 0 Å². The van der Waals surface area contributed by atoms with E-state index in [2.05, 4.69) is 33.0 Å². The summed E-state index contributed by atoms with van der Waals surface area (Å²) in [6, 6.07) is 0. The highest BCUT2D eigenvalue weighted by Crippen LogP contribution is 2.30. The van der Waals surface area contributed by atoms with Crippen LogP contribution in [0, 0.1) is 5.41 Å². The molecule has 0 saturated heterocycles. The van der Waals surface area contributed by atoms with E-state index in [0.29, 0.717) is 5.41 Å². The van der Waals surface area contributed by atoms with Crippen LogP contribution in [0.3, 0.4) is 0 Å². The van der Waals surface area contributed by atoms with E-state index in [1.54, 1.807) is 0 Å². The second kappa shape index (κ2) is 6.47. The topological polar surface area (TPSA) is 12.0 Å². The fraction of sp³-hybridized carbons (Fsp3) is 1.00. The van der Waals surface area contributed by atoms with Crippen LogP contribution in [0.4, 0.5) is 0 Å². The Kier molecular flexibility index (Phi) is 6.45. The summed E-state index contributed by atoms with van der Waals surface area (Å²) in [6.07, 6.45) is 5.32. The highest BCUT2D eigenvalue weighted by Gasteiger charge is 2.19. The maximum absolute atomic E-state index is 3.40. The standard InChI is InChI=1S/C11H25N/c1-5-8-11(4,6-2)9-10-12-7-3/h12H,5-10H2,1-4H3. The molecular weight excluding hydrogens is 146 g/mol. The molecule has 0 aliphatic rings. The molecule has 0 aromatic carbocycles. The lowest BCUT2D eigenvalue weighted by Gasteiger charge is -2.27. The van der Waals surface area contributed by atoms with Crippen LogP contribution in [0.2, 0.25) is 0 Å². The minimum Gasteiger partial charge on any atom is -0.317 e. The average molecular weight is 171 g/mol. The Balaban J connectivity index is 3.63. The Morgan fingerprint density at radius 2 is 1.75 bits per heavy atom. The van der Waals surface area contributed by atoms with Gasteiger partial charge in [0, 0.05) is 0 Å². The fourth-order valence-electron chi connectivity index (χ4n) is 1.65. The summed E-state index contributed by atoms with van der Waals surface area (Å²) in [5, 5.41) is 3.40. The van der Waals surface area contributed by atoms with Crippen LogP contribution in [0.15, 0.2) is 0 Å². The summed E-state index contributed by atoms with van der Waals surface area (Å²) in [5.41, 5.74) is 0.580. The van der Waals surface area contributed by atoms with Gasteiger partial charge in [-0.15, -0.1) is 0 Å². The van der Waals surface area contributed by atoms with E-state index in [4.69, 9.17) is 0 Å². The summed E-state index contributed by atoms with van der Waals surface area (Å²) < 4.78 is 0. The van der Waals surface area contributed by atoms with E-state index in [-0.39, 0.29) is 0 Å². The lowest BCUT2D eigenvalue weighted by atomic mass is 9.80. The highest BCUT2D eigenvalue weighted by atomic mass is 14.8. The Morgan fingerprint density at radius 1 is 1.08 bits per heavy atom. The van der Waals surface area contributed by atoms with Gasteiger partial charge in [-0.1, -0.05) is 40.5 Å². The van der Waals surface area contributed by atoms with Gasteiger partial charge in [0.1, 0.15) is 0 Å². The molecule has 12 heavy (non-hydrogen) atoms. The van der Waals surface area contributed by atoms with Crippen LogP contribution in [0.5, 0.6) is 0 Å². The molecule has 0 radical (unpaired) electrons. The van der Waals surface area contributed by atoms with Crippen molar-refractivity contribution in [3.05, 3.63) is 0 Å². The van der Waals surface area contributed by atoms with Crippen LogP contribution < -0.4 is 5.32 Å². The van der Waals surface area contributed by atoms with Gasteiger partial charge in [-0.2, -0.15) is 0 Å². The van der Waals surface area contributed by atoms with Crippen molar-refractivity contribution in [2.75, 3.05) is 13.1 Å². The first-order valence-electron chi connectivity index (χ1n) is 5.39. The molecule has 1 N–H and O–H groups in total. The number of hydrogen-bond donors (Lipinski definition) is 1. The van der Waals surface area contributed by atoms with Gasteiger partial charge in [0.05, 0.1) is 0 Å². The molecule has 0 amide bonds. The van der Waals surface area contributed by atoms with E-state index < -0.39 is 0 Å². The van der Waals surface area contributed by atoms with Crippen LogP contribution in [-0.2, 0) is 0 Å². The molecule has 0 aliphatic heterocycles. The van der Waals surface area contributed by atoms with Gasteiger partial charge >= 0.3 is 0 Å². The smallest absolute Gasteiger partial charge is 0.00438 e. The quantitative estimate of drug-likeness (QED) is 0.580. The van der Waals surface area contributed by atoms with Crippen LogP contribution in [0.25, 0.3) is 0 Å². The maximum Gasteiger partial charge on any atom is -0.00438 e. The van der Waals surface area contributed by atoms with Crippen molar-refractivity contribution >= 4 is 0 Å².